The maximum absolute atomic E-state index is 12.0. The fraction of sp³-hybridized carbons (Fsp3) is 0.417. The summed E-state index contributed by atoms with van der Waals surface area (Å²) < 4.78 is 0. The minimum atomic E-state index is -0.449. The van der Waals surface area contributed by atoms with Crippen LogP contribution in [-0.4, -0.2) is 34.3 Å². The number of hydrogen-bond donors (Lipinski definition) is 1. The van der Waals surface area contributed by atoms with E-state index >= 15 is 0 Å². The summed E-state index contributed by atoms with van der Waals surface area (Å²) >= 11 is 0. The van der Waals surface area contributed by atoms with Gasteiger partial charge in [-0.05, 0) is 25.5 Å². The van der Waals surface area contributed by atoms with Gasteiger partial charge in [-0.2, -0.15) is 0 Å². The lowest BCUT2D eigenvalue weighted by Crippen LogP contribution is -2.57. The molecule has 1 aliphatic rings. The molecule has 1 saturated heterocycles. The van der Waals surface area contributed by atoms with Crippen molar-refractivity contribution in [3.63, 3.8) is 0 Å². The van der Waals surface area contributed by atoms with Crippen LogP contribution in [0.5, 0.6) is 0 Å². The first-order valence-corrected chi connectivity index (χ1v) is 5.59. The summed E-state index contributed by atoms with van der Waals surface area (Å²) in [4.78, 5) is 29.0. The van der Waals surface area contributed by atoms with E-state index in [0.29, 0.717) is 0 Å². The van der Waals surface area contributed by atoms with Gasteiger partial charge in [-0.3, -0.25) is 14.6 Å². The molecule has 1 fully saturated rings. The van der Waals surface area contributed by atoms with Crippen LogP contribution in [0.1, 0.15) is 25.5 Å². The number of rotatable bonds is 2. The Bertz CT molecular complexity index is 433. The second-order valence-corrected chi connectivity index (χ2v) is 4.22. The number of aromatic nitrogens is 1. The molecular weight excluding hydrogens is 218 g/mol. The molecule has 0 aliphatic carbocycles. The summed E-state index contributed by atoms with van der Waals surface area (Å²) in [5, 5.41) is 2.62. The first-order valence-electron chi connectivity index (χ1n) is 5.59. The van der Waals surface area contributed by atoms with Crippen LogP contribution in [0, 0.1) is 0 Å². The van der Waals surface area contributed by atoms with Crippen molar-refractivity contribution >= 4 is 11.8 Å². The molecule has 2 rings (SSSR count). The summed E-state index contributed by atoms with van der Waals surface area (Å²) in [6, 6.07) is 3.14. The average molecular weight is 233 g/mol. The first-order chi connectivity index (χ1) is 8.09. The highest BCUT2D eigenvalue weighted by molar-refractivity contribution is 5.94. The third-order valence-electron chi connectivity index (χ3n) is 2.98. The lowest BCUT2D eigenvalue weighted by molar-refractivity contribution is -0.145. The summed E-state index contributed by atoms with van der Waals surface area (Å²) in [5.41, 5.74) is 0.933. The van der Waals surface area contributed by atoms with Crippen molar-refractivity contribution in [2.45, 2.75) is 25.9 Å². The smallest absolute Gasteiger partial charge is 0.245 e. The molecule has 2 heterocycles. The average Bonchev–Trinajstić information content (AvgIpc) is 2.34. The summed E-state index contributed by atoms with van der Waals surface area (Å²) in [5.74, 6) is -0.172. The number of nitrogens with one attached hydrogen (secondary N) is 1. The molecule has 17 heavy (non-hydrogen) atoms. The normalized spacial score (nSPS) is 22.2. The Morgan fingerprint density at radius 3 is 2.94 bits per heavy atom. The molecule has 5 heteroatoms. The molecular formula is C12H15N3O2. The van der Waals surface area contributed by atoms with E-state index in [9.17, 15) is 9.59 Å². The van der Waals surface area contributed by atoms with Gasteiger partial charge in [-0.15, -0.1) is 0 Å². The molecule has 2 unspecified atom stereocenters. The Labute approximate surface area is 99.8 Å². The van der Waals surface area contributed by atoms with Crippen LogP contribution < -0.4 is 5.32 Å². The molecule has 2 amide bonds. The van der Waals surface area contributed by atoms with Crippen LogP contribution in [0.2, 0.25) is 0 Å². The molecule has 2 atom stereocenters. The molecule has 0 saturated carbocycles. The van der Waals surface area contributed by atoms with Crippen molar-refractivity contribution in [2.75, 3.05) is 6.54 Å². The lowest BCUT2D eigenvalue weighted by atomic mass is 10.1. The van der Waals surface area contributed by atoms with Crippen LogP contribution in [0.4, 0.5) is 0 Å². The van der Waals surface area contributed by atoms with Crippen molar-refractivity contribution in [1.29, 1.82) is 0 Å². The summed E-state index contributed by atoms with van der Waals surface area (Å²) in [6.07, 6.45) is 3.40. The minimum absolute atomic E-state index is 0.0547. The van der Waals surface area contributed by atoms with Crippen molar-refractivity contribution in [1.82, 2.24) is 15.2 Å². The number of carbonyl (C=O) groups is 2. The van der Waals surface area contributed by atoms with Crippen molar-refractivity contribution in [3.8, 4) is 0 Å². The van der Waals surface area contributed by atoms with Gasteiger partial charge in [0.1, 0.15) is 12.6 Å². The fourth-order valence-corrected chi connectivity index (χ4v) is 1.96. The Balaban J connectivity index is 2.21. The zero-order valence-electron chi connectivity index (χ0n) is 9.88. The predicted octanol–water partition coefficient (Wildman–Crippen LogP) is 0.489. The van der Waals surface area contributed by atoms with Crippen molar-refractivity contribution in [3.05, 3.63) is 30.1 Å². The van der Waals surface area contributed by atoms with E-state index in [1.165, 1.54) is 0 Å². The van der Waals surface area contributed by atoms with Crippen LogP contribution >= 0.6 is 0 Å². The number of amides is 2. The monoisotopic (exact) mass is 233 g/mol. The largest absolute Gasteiger partial charge is 0.343 e. The quantitative estimate of drug-likeness (QED) is 0.808. The molecule has 90 valence electrons. The second-order valence-electron chi connectivity index (χ2n) is 4.22. The zero-order chi connectivity index (χ0) is 12.4. The van der Waals surface area contributed by atoms with E-state index in [4.69, 9.17) is 0 Å². The van der Waals surface area contributed by atoms with E-state index < -0.39 is 6.04 Å². The van der Waals surface area contributed by atoms with Gasteiger partial charge < -0.3 is 10.2 Å². The number of hydrogen-bond acceptors (Lipinski definition) is 3. The van der Waals surface area contributed by atoms with Gasteiger partial charge in [0.25, 0.3) is 0 Å². The fourth-order valence-electron chi connectivity index (χ4n) is 1.96. The van der Waals surface area contributed by atoms with Crippen molar-refractivity contribution in [2.24, 2.45) is 0 Å². The van der Waals surface area contributed by atoms with Crippen LogP contribution in [0.3, 0.4) is 0 Å². The summed E-state index contributed by atoms with van der Waals surface area (Å²) in [7, 11) is 0. The number of piperazine rings is 1. The van der Waals surface area contributed by atoms with Crippen molar-refractivity contribution < 1.29 is 9.59 Å². The van der Waals surface area contributed by atoms with E-state index in [1.54, 1.807) is 24.2 Å². The van der Waals surface area contributed by atoms with Gasteiger partial charge in [-0.25, -0.2) is 0 Å². The maximum Gasteiger partial charge on any atom is 0.245 e. The molecule has 5 nitrogen and oxygen atoms in total. The van der Waals surface area contributed by atoms with E-state index in [-0.39, 0.29) is 24.4 Å². The highest BCUT2D eigenvalue weighted by atomic mass is 16.2. The highest BCUT2D eigenvalue weighted by Gasteiger charge is 2.32. The number of nitrogens with zero attached hydrogens (tertiary/aromatic N) is 2. The molecule has 1 aliphatic heterocycles. The SMILES string of the molecule is CC1NC(=O)CN(C(C)c2cccnc2)C1=O. The predicted molar refractivity (Wildman–Crippen MR) is 62.0 cm³/mol. The second kappa shape index (κ2) is 4.53. The Hall–Kier alpha value is -1.91. The van der Waals surface area contributed by atoms with Gasteiger partial charge in [0.05, 0.1) is 6.04 Å². The third kappa shape index (κ3) is 2.27. The zero-order valence-corrected chi connectivity index (χ0v) is 9.88. The Morgan fingerprint density at radius 2 is 2.29 bits per heavy atom. The van der Waals surface area contributed by atoms with E-state index in [0.717, 1.165) is 5.56 Å². The van der Waals surface area contributed by atoms with Crippen LogP contribution in [0.15, 0.2) is 24.5 Å². The molecule has 1 aromatic rings. The van der Waals surface area contributed by atoms with Gasteiger partial charge in [-0.1, -0.05) is 6.07 Å². The van der Waals surface area contributed by atoms with E-state index in [2.05, 4.69) is 10.3 Å². The molecule has 1 aromatic heterocycles. The Morgan fingerprint density at radius 1 is 1.53 bits per heavy atom. The minimum Gasteiger partial charge on any atom is -0.343 e. The molecule has 0 radical (unpaired) electrons. The molecule has 0 aromatic carbocycles. The number of carbonyl (C=O) groups excluding carboxylic acids is 2. The summed E-state index contributed by atoms with van der Waals surface area (Å²) in [6.45, 7) is 3.71. The molecule has 0 spiro atoms. The van der Waals surface area contributed by atoms with E-state index in [1.807, 2.05) is 19.1 Å². The number of pyridine rings is 1. The third-order valence-corrected chi connectivity index (χ3v) is 2.98. The molecule has 1 N–H and O–H groups in total. The van der Waals surface area contributed by atoms with Crippen LogP contribution in [-0.2, 0) is 9.59 Å². The highest BCUT2D eigenvalue weighted by Crippen LogP contribution is 2.21. The molecule has 0 bridgehead atoms. The van der Waals surface area contributed by atoms with Gasteiger partial charge in [0, 0.05) is 12.4 Å². The Kier molecular flexibility index (Phi) is 3.08. The topological polar surface area (TPSA) is 62.3 Å². The standard InChI is InChI=1S/C12H15N3O2/c1-8-12(17)15(7-11(16)14-8)9(2)10-4-3-5-13-6-10/h3-6,8-9H,7H2,1-2H3,(H,14,16). The lowest BCUT2D eigenvalue weighted by Gasteiger charge is -2.35. The van der Waals surface area contributed by atoms with Gasteiger partial charge in [0.2, 0.25) is 11.8 Å². The maximum atomic E-state index is 12.0. The first kappa shape index (κ1) is 11.6. The van der Waals surface area contributed by atoms with Crippen LogP contribution in [0.25, 0.3) is 0 Å². The van der Waals surface area contributed by atoms with Gasteiger partial charge >= 0.3 is 0 Å². The van der Waals surface area contributed by atoms with Gasteiger partial charge in [0.15, 0.2) is 0 Å².